The highest BCUT2D eigenvalue weighted by Crippen LogP contribution is 2.25. The van der Waals surface area contributed by atoms with Crippen molar-refractivity contribution in [3.05, 3.63) is 34.2 Å². The lowest BCUT2D eigenvalue weighted by Gasteiger charge is -2.33. The number of aliphatic hydroxyl groups excluding tert-OH is 1. The van der Waals surface area contributed by atoms with E-state index in [1.54, 1.807) is 25.2 Å². The minimum absolute atomic E-state index is 0.118. The first kappa shape index (κ1) is 17.3. The molecule has 0 spiro atoms. The van der Waals surface area contributed by atoms with Crippen molar-refractivity contribution < 1.29 is 9.90 Å². The number of nitrogens with zero attached hydrogens (tertiary/aromatic N) is 1. The molecular formula is C17H25N3O3. The van der Waals surface area contributed by atoms with Gasteiger partial charge in [0.1, 0.15) is 0 Å². The van der Waals surface area contributed by atoms with E-state index in [9.17, 15) is 14.7 Å². The van der Waals surface area contributed by atoms with Gasteiger partial charge in [0, 0.05) is 24.6 Å². The van der Waals surface area contributed by atoms with Gasteiger partial charge in [-0.05, 0) is 24.1 Å². The number of aliphatic hydroxyl groups is 1. The molecule has 126 valence electrons. The third-order valence-corrected chi connectivity index (χ3v) is 4.30. The maximum absolute atomic E-state index is 12.3. The molecule has 23 heavy (non-hydrogen) atoms. The molecule has 0 saturated carbocycles. The van der Waals surface area contributed by atoms with Crippen LogP contribution in [-0.2, 0) is 7.05 Å². The summed E-state index contributed by atoms with van der Waals surface area (Å²) < 4.78 is 1.50. The number of imidazole rings is 1. The number of amides is 1. The van der Waals surface area contributed by atoms with Crippen molar-refractivity contribution in [1.29, 1.82) is 0 Å². The summed E-state index contributed by atoms with van der Waals surface area (Å²) >= 11 is 0. The summed E-state index contributed by atoms with van der Waals surface area (Å²) in [4.78, 5) is 26.6. The van der Waals surface area contributed by atoms with Crippen LogP contribution in [0, 0.1) is 11.3 Å². The van der Waals surface area contributed by atoms with Gasteiger partial charge >= 0.3 is 5.69 Å². The van der Waals surface area contributed by atoms with Crippen LogP contribution in [0.3, 0.4) is 0 Å². The number of fused-ring (bicyclic) bond motifs is 1. The van der Waals surface area contributed by atoms with E-state index < -0.39 is 11.5 Å². The van der Waals surface area contributed by atoms with Gasteiger partial charge < -0.3 is 15.4 Å². The van der Waals surface area contributed by atoms with E-state index >= 15 is 0 Å². The highest BCUT2D eigenvalue weighted by Gasteiger charge is 2.30. The average molecular weight is 319 g/mol. The first-order valence-corrected chi connectivity index (χ1v) is 7.78. The molecule has 0 aliphatic carbocycles. The smallest absolute Gasteiger partial charge is 0.326 e. The molecule has 6 nitrogen and oxygen atoms in total. The number of carbonyl (C=O) groups excluding carboxylic acids is 1. The lowest BCUT2D eigenvalue weighted by molar-refractivity contribution is 0.0138. The topological polar surface area (TPSA) is 87.1 Å². The molecule has 0 aliphatic rings. The zero-order valence-electron chi connectivity index (χ0n) is 14.3. The molecule has 0 saturated heterocycles. The third-order valence-electron chi connectivity index (χ3n) is 4.30. The maximum atomic E-state index is 12.3. The van der Waals surface area contributed by atoms with Crippen LogP contribution in [0.1, 0.15) is 38.1 Å². The fraction of sp³-hybridized carbons (Fsp3) is 0.529. The third kappa shape index (κ3) is 3.47. The second kappa shape index (κ2) is 6.20. The SMILES string of the molecule is CC(C)C(O)C(C)(C)CNC(=O)c1ccc2c(c1)[nH]c(=O)n2C. The van der Waals surface area contributed by atoms with Crippen LogP contribution in [0.5, 0.6) is 0 Å². The minimum atomic E-state index is -0.504. The number of carbonyl (C=O) groups is 1. The maximum Gasteiger partial charge on any atom is 0.326 e. The van der Waals surface area contributed by atoms with Crippen LogP contribution in [0.25, 0.3) is 11.0 Å². The van der Waals surface area contributed by atoms with Crippen molar-refractivity contribution in [2.45, 2.75) is 33.8 Å². The van der Waals surface area contributed by atoms with E-state index in [-0.39, 0.29) is 17.5 Å². The van der Waals surface area contributed by atoms with E-state index in [2.05, 4.69) is 10.3 Å². The van der Waals surface area contributed by atoms with Crippen molar-refractivity contribution in [2.75, 3.05) is 6.54 Å². The Hall–Kier alpha value is -2.08. The number of aryl methyl sites for hydroxylation is 1. The first-order valence-electron chi connectivity index (χ1n) is 7.78. The van der Waals surface area contributed by atoms with Gasteiger partial charge in [0.25, 0.3) is 5.91 Å². The van der Waals surface area contributed by atoms with Crippen LogP contribution >= 0.6 is 0 Å². The van der Waals surface area contributed by atoms with Crippen molar-refractivity contribution in [1.82, 2.24) is 14.9 Å². The van der Waals surface area contributed by atoms with Gasteiger partial charge in [-0.15, -0.1) is 0 Å². The van der Waals surface area contributed by atoms with Crippen molar-refractivity contribution in [3.63, 3.8) is 0 Å². The van der Waals surface area contributed by atoms with E-state index in [1.165, 1.54) is 4.57 Å². The lowest BCUT2D eigenvalue weighted by atomic mass is 9.80. The fourth-order valence-electron chi connectivity index (χ4n) is 2.80. The molecule has 1 unspecified atom stereocenters. The van der Waals surface area contributed by atoms with Crippen LogP contribution < -0.4 is 11.0 Å². The Morgan fingerprint density at radius 2 is 2.04 bits per heavy atom. The highest BCUT2D eigenvalue weighted by atomic mass is 16.3. The second-order valence-electron chi connectivity index (χ2n) is 7.08. The Labute approximate surface area is 135 Å². The summed E-state index contributed by atoms with van der Waals surface area (Å²) in [5.41, 5.74) is 1.23. The Bertz CT molecular complexity index is 771. The summed E-state index contributed by atoms with van der Waals surface area (Å²) in [5, 5.41) is 13.1. The minimum Gasteiger partial charge on any atom is -0.392 e. The van der Waals surface area contributed by atoms with Crippen LogP contribution in [0.15, 0.2) is 23.0 Å². The van der Waals surface area contributed by atoms with Crippen LogP contribution in [0.4, 0.5) is 0 Å². The number of rotatable bonds is 5. The van der Waals surface area contributed by atoms with Crippen molar-refractivity contribution in [3.8, 4) is 0 Å². The summed E-state index contributed by atoms with van der Waals surface area (Å²) in [6, 6.07) is 5.10. The van der Waals surface area contributed by atoms with Gasteiger partial charge in [-0.1, -0.05) is 27.7 Å². The monoisotopic (exact) mass is 319 g/mol. The normalized spacial score (nSPS) is 13.5. The molecule has 3 N–H and O–H groups in total. The Morgan fingerprint density at radius 3 is 2.65 bits per heavy atom. The van der Waals surface area contributed by atoms with Gasteiger partial charge in [-0.3, -0.25) is 9.36 Å². The van der Waals surface area contributed by atoms with E-state index in [1.807, 2.05) is 27.7 Å². The molecule has 0 bridgehead atoms. The average Bonchev–Trinajstić information content (AvgIpc) is 2.78. The quantitative estimate of drug-likeness (QED) is 0.783. The molecule has 2 aromatic rings. The molecule has 0 radical (unpaired) electrons. The van der Waals surface area contributed by atoms with E-state index in [0.29, 0.717) is 17.6 Å². The standard InChI is InChI=1S/C17H25N3O3/c1-10(2)14(21)17(3,4)9-18-15(22)11-6-7-13-12(8-11)19-16(23)20(13)5/h6-8,10,14,21H,9H2,1-5H3,(H,18,22)(H,19,23). The number of aromatic amines is 1. The van der Waals surface area contributed by atoms with Gasteiger partial charge in [0.05, 0.1) is 17.1 Å². The summed E-state index contributed by atoms with van der Waals surface area (Å²) in [7, 11) is 1.68. The van der Waals surface area contributed by atoms with Crippen molar-refractivity contribution in [2.24, 2.45) is 18.4 Å². The fourth-order valence-corrected chi connectivity index (χ4v) is 2.80. The van der Waals surface area contributed by atoms with Gasteiger partial charge in [-0.25, -0.2) is 4.79 Å². The molecular weight excluding hydrogens is 294 g/mol. The number of nitrogens with one attached hydrogen (secondary N) is 2. The van der Waals surface area contributed by atoms with Crippen LogP contribution in [0.2, 0.25) is 0 Å². The Balaban J connectivity index is 2.14. The summed E-state index contributed by atoms with van der Waals surface area (Å²) in [6.45, 7) is 8.13. The van der Waals surface area contributed by atoms with Gasteiger partial charge in [-0.2, -0.15) is 0 Å². The largest absolute Gasteiger partial charge is 0.392 e. The zero-order valence-corrected chi connectivity index (χ0v) is 14.3. The molecule has 6 heteroatoms. The molecule has 1 aromatic carbocycles. The first-order chi connectivity index (χ1) is 10.6. The molecule has 1 heterocycles. The molecule has 0 fully saturated rings. The predicted octanol–water partition coefficient (Wildman–Crippen LogP) is 1.64. The van der Waals surface area contributed by atoms with Crippen molar-refractivity contribution >= 4 is 16.9 Å². The molecule has 1 atom stereocenters. The molecule has 0 aliphatic heterocycles. The Morgan fingerprint density at radius 1 is 1.39 bits per heavy atom. The van der Waals surface area contributed by atoms with E-state index in [0.717, 1.165) is 5.52 Å². The molecule has 1 aromatic heterocycles. The highest BCUT2D eigenvalue weighted by molar-refractivity contribution is 5.97. The number of aromatic nitrogens is 2. The summed E-state index contributed by atoms with van der Waals surface area (Å²) in [5.74, 6) is -0.103. The van der Waals surface area contributed by atoms with E-state index in [4.69, 9.17) is 0 Å². The predicted molar refractivity (Wildman–Crippen MR) is 90.5 cm³/mol. The Kier molecular flexibility index (Phi) is 4.66. The molecule has 2 rings (SSSR count). The lowest BCUT2D eigenvalue weighted by Crippen LogP contribution is -2.43. The number of hydrogen-bond acceptors (Lipinski definition) is 3. The zero-order chi connectivity index (χ0) is 17.4. The number of hydrogen-bond donors (Lipinski definition) is 3. The van der Waals surface area contributed by atoms with Crippen LogP contribution in [-0.4, -0.2) is 33.2 Å². The second-order valence-corrected chi connectivity index (χ2v) is 7.08. The number of H-pyrrole nitrogens is 1. The number of benzene rings is 1. The summed E-state index contributed by atoms with van der Waals surface area (Å²) in [6.07, 6.45) is -0.504. The molecule has 1 amide bonds. The van der Waals surface area contributed by atoms with Gasteiger partial charge in [0.2, 0.25) is 0 Å². The van der Waals surface area contributed by atoms with Gasteiger partial charge in [0.15, 0.2) is 0 Å².